The number of hydrogen-bond donors (Lipinski definition) is 1. The monoisotopic (exact) mass is 448 g/mol. The Hall–Kier alpha value is -2.58. The first kappa shape index (κ1) is 22.1. The molecule has 0 spiro atoms. The number of rotatable bonds is 7. The van der Waals surface area contributed by atoms with Gasteiger partial charge >= 0.3 is 0 Å². The Labute approximate surface area is 183 Å². The Morgan fingerprint density at radius 1 is 1.23 bits per heavy atom. The number of aryl methyl sites for hydroxylation is 1. The van der Waals surface area contributed by atoms with Gasteiger partial charge in [-0.1, -0.05) is 29.4 Å². The fraction of sp³-hybridized carbons (Fsp3) is 0.286. The molecule has 0 aliphatic rings. The lowest BCUT2D eigenvalue weighted by Gasteiger charge is -2.28. The van der Waals surface area contributed by atoms with Gasteiger partial charge in [-0.2, -0.15) is 0 Å². The summed E-state index contributed by atoms with van der Waals surface area (Å²) in [6.45, 7) is 5.48. The van der Waals surface area contributed by atoms with Crippen LogP contribution in [0.4, 0.5) is 4.39 Å². The Bertz CT molecular complexity index is 1050. The Morgan fingerprint density at radius 2 is 1.93 bits per heavy atom. The number of methoxy groups -OCH3 is 1. The molecule has 0 atom stereocenters. The van der Waals surface area contributed by atoms with Crippen LogP contribution in [0.15, 0.2) is 47.6 Å². The number of benzene rings is 2. The van der Waals surface area contributed by atoms with Crippen LogP contribution in [0.5, 0.6) is 5.75 Å². The number of halogens is 2. The number of hydrogen-bond acceptors (Lipinski definition) is 5. The van der Waals surface area contributed by atoms with Gasteiger partial charge in [-0.3, -0.25) is 9.36 Å². The molecule has 9 heteroatoms. The molecule has 3 rings (SSSR count). The van der Waals surface area contributed by atoms with Crippen molar-refractivity contribution in [3.63, 3.8) is 0 Å². The molecule has 0 radical (unpaired) electrons. The maximum Gasteiger partial charge on any atom is 0.231 e. The topological polar surface area (TPSA) is 69.0 Å². The van der Waals surface area contributed by atoms with Gasteiger partial charge in [0.2, 0.25) is 5.91 Å². The molecule has 2 aromatic carbocycles. The summed E-state index contributed by atoms with van der Waals surface area (Å²) in [4.78, 5) is 12.6. The normalized spacial score (nSPS) is 11.4. The molecule has 1 aromatic heterocycles. The second kappa shape index (κ2) is 9.06. The molecule has 0 fully saturated rings. The van der Waals surface area contributed by atoms with E-state index in [-0.39, 0.29) is 16.7 Å². The number of carbonyl (C=O) groups is 1. The van der Waals surface area contributed by atoms with Gasteiger partial charge in [0.1, 0.15) is 17.4 Å². The van der Waals surface area contributed by atoms with E-state index >= 15 is 0 Å². The fourth-order valence-corrected chi connectivity index (χ4v) is 4.24. The van der Waals surface area contributed by atoms with Crippen LogP contribution in [0.2, 0.25) is 5.02 Å². The lowest BCUT2D eigenvalue weighted by atomic mass is 9.94. The van der Waals surface area contributed by atoms with Crippen molar-refractivity contribution in [2.24, 2.45) is 0 Å². The second-order valence-corrected chi connectivity index (χ2v) is 8.50. The molecule has 6 nitrogen and oxygen atoms in total. The molecular formula is C21H22ClFN4O2S. The van der Waals surface area contributed by atoms with E-state index in [4.69, 9.17) is 16.3 Å². The zero-order valence-corrected chi connectivity index (χ0v) is 18.6. The van der Waals surface area contributed by atoms with E-state index in [0.29, 0.717) is 16.5 Å². The van der Waals surface area contributed by atoms with E-state index < -0.39 is 11.4 Å². The summed E-state index contributed by atoms with van der Waals surface area (Å²) >= 11 is 7.43. The third-order valence-corrected chi connectivity index (χ3v) is 5.76. The second-order valence-electron chi connectivity index (χ2n) is 7.15. The molecule has 158 valence electrons. The van der Waals surface area contributed by atoms with Gasteiger partial charge in [-0.15, -0.1) is 10.2 Å². The van der Waals surface area contributed by atoms with Crippen molar-refractivity contribution < 1.29 is 13.9 Å². The van der Waals surface area contributed by atoms with E-state index in [9.17, 15) is 9.18 Å². The highest BCUT2D eigenvalue weighted by atomic mass is 35.5. The number of thioether (sulfide) groups is 1. The highest BCUT2D eigenvalue weighted by molar-refractivity contribution is 7.99. The van der Waals surface area contributed by atoms with Crippen LogP contribution < -0.4 is 10.1 Å². The zero-order chi connectivity index (χ0) is 21.9. The smallest absolute Gasteiger partial charge is 0.231 e. The number of carbonyl (C=O) groups excluding carboxylic acids is 1. The minimum Gasteiger partial charge on any atom is -0.497 e. The van der Waals surface area contributed by atoms with Crippen molar-refractivity contribution in [3.05, 3.63) is 64.7 Å². The molecule has 0 saturated heterocycles. The molecule has 1 N–H and O–H groups in total. The van der Waals surface area contributed by atoms with Crippen molar-refractivity contribution >= 4 is 29.3 Å². The average molecular weight is 449 g/mol. The highest BCUT2D eigenvalue weighted by Crippen LogP contribution is 2.29. The van der Waals surface area contributed by atoms with E-state index in [2.05, 4.69) is 15.5 Å². The van der Waals surface area contributed by atoms with Crippen LogP contribution in [-0.4, -0.2) is 33.5 Å². The summed E-state index contributed by atoms with van der Waals surface area (Å²) < 4.78 is 20.4. The van der Waals surface area contributed by atoms with Crippen molar-refractivity contribution in [1.29, 1.82) is 0 Å². The van der Waals surface area contributed by atoms with Crippen LogP contribution in [0, 0.1) is 12.7 Å². The van der Waals surface area contributed by atoms with Gasteiger partial charge in [0.15, 0.2) is 5.16 Å². The van der Waals surface area contributed by atoms with Gasteiger partial charge in [-0.25, -0.2) is 4.39 Å². The maximum absolute atomic E-state index is 13.3. The van der Waals surface area contributed by atoms with Gasteiger partial charge in [0, 0.05) is 10.7 Å². The first-order valence-electron chi connectivity index (χ1n) is 9.17. The Balaban J connectivity index is 1.70. The molecule has 0 aliphatic carbocycles. The van der Waals surface area contributed by atoms with E-state index in [0.717, 1.165) is 11.4 Å². The minimum atomic E-state index is -0.762. The number of amides is 1. The number of ether oxygens (including phenoxy) is 1. The first-order chi connectivity index (χ1) is 14.2. The highest BCUT2D eigenvalue weighted by Gasteiger charge is 2.26. The summed E-state index contributed by atoms with van der Waals surface area (Å²) in [6, 6.07) is 11.6. The molecule has 0 unspecified atom stereocenters. The van der Waals surface area contributed by atoms with Crippen molar-refractivity contribution in [1.82, 2.24) is 20.1 Å². The third kappa shape index (κ3) is 4.94. The van der Waals surface area contributed by atoms with E-state index in [1.165, 1.54) is 23.9 Å². The minimum absolute atomic E-state index is 0.135. The summed E-state index contributed by atoms with van der Waals surface area (Å²) in [5.41, 5.74) is 0.753. The number of aromatic nitrogens is 3. The van der Waals surface area contributed by atoms with E-state index in [1.807, 2.05) is 49.6 Å². The SMILES string of the molecule is COc1ccc(-n2c(C)nnc2SCC(=O)NC(C)(C)c2ccc(F)cc2Cl)cc1. The number of nitrogens with one attached hydrogen (secondary N) is 1. The maximum atomic E-state index is 13.3. The van der Waals surface area contributed by atoms with Crippen LogP contribution in [0.1, 0.15) is 25.2 Å². The molecule has 0 bridgehead atoms. The quantitative estimate of drug-likeness (QED) is 0.538. The largest absolute Gasteiger partial charge is 0.497 e. The van der Waals surface area contributed by atoms with Gasteiger partial charge in [-0.05, 0) is 62.7 Å². The van der Waals surface area contributed by atoms with Crippen molar-refractivity contribution in [2.45, 2.75) is 31.5 Å². The predicted octanol–water partition coefficient (Wildman–Crippen LogP) is 4.52. The molecule has 3 aromatic rings. The standard InChI is InChI=1S/C21H22ClFN4O2S/c1-13-25-26-20(27(13)15-6-8-16(29-4)9-7-15)30-12-19(28)24-21(2,3)17-10-5-14(23)11-18(17)22/h5-11H,12H2,1-4H3,(H,24,28). The fourth-order valence-electron chi connectivity index (χ4n) is 3.04. The Kier molecular flexibility index (Phi) is 6.67. The average Bonchev–Trinajstić information content (AvgIpc) is 3.06. The molecule has 0 aliphatic heterocycles. The molecule has 30 heavy (non-hydrogen) atoms. The van der Waals surface area contributed by atoms with Gasteiger partial charge in [0.25, 0.3) is 0 Å². The summed E-state index contributed by atoms with van der Waals surface area (Å²) in [5.74, 6) is 0.972. The first-order valence-corrected chi connectivity index (χ1v) is 10.5. The lowest BCUT2D eigenvalue weighted by molar-refractivity contribution is -0.120. The molecule has 1 heterocycles. The summed E-state index contributed by atoms with van der Waals surface area (Å²) in [6.07, 6.45) is 0. The van der Waals surface area contributed by atoms with Crippen LogP contribution >= 0.6 is 23.4 Å². The van der Waals surface area contributed by atoms with Gasteiger partial charge < -0.3 is 10.1 Å². The van der Waals surface area contributed by atoms with Crippen LogP contribution in [0.25, 0.3) is 5.69 Å². The summed E-state index contributed by atoms with van der Waals surface area (Å²) in [7, 11) is 1.61. The lowest BCUT2D eigenvalue weighted by Crippen LogP contribution is -2.42. The molecule has 1 amide bonds. The molecular weight excluding hydrogens is 427 g/mol. The van der Waals surface area contributed by atoms with Crippen LogP contribution in [-0.2, 0) is 10.3 Å². The van der Waals surface area contributed by atoms with Crippen LogP contribution in [0.3, 0.4) is 0 Å². The number of nitrogens with zero attached hydrogens (tertiary/aromatic N) is 3. The zero-order valence-electron chi connectivity index (χ0n) is 17.1. The van der Waals surface area contributed by atoms with E-state index in [1.54, 1.807) is 13.2 Å². The van der Waals surface area contributed by atoms with Gasteiger partial charge in [0.05, 0.1) is 18.4 Å². The van der Waals surface area contributed by atoms with Crippen molar-refractivity contribution in [2.75, 3.05) is 12.9 Å². The summed E-state index contributed by atoms with van der Waals surface area (Å²) in [5, 5.41) is 12.1. The molecule has 0 saturated carbocycles. The third-order valence-electron chi connectivity index (χ3n) is 4.51. The Morgan fingerprint density at radius 3 is 2.57 bits per heavy atom. The van der Waals surface area contributed by atoms with Crippen molar-refractivity contribution in [3.8, 4) is 11.4 Å². The predicted molar refractivity (Wildman–Crippen MR) is 116 cm³/mol.